The van der Waals surface area contributed by atoms with Crippen molar-refractivity contribution < 1.29 is 13.2 Å². The molecule has 4 aromatic rings. The van der Waals surface area contributed by atoms with Gasteiger partial charge in [0.25, 0.3) is 0 Å². The number of halogens is 3. The normalized spacial score (nSPS) is 11.8. The molecule has 26 heavy (non-hydrogen) atoms. The molecular formula is C18H11F3N4S. The van der Waals surface area contributed by atoms with E-state index < -0.39 is 11.7 Å². The van der Waals surface area contributed by atoms with Crippen molar-refractivity contribution in [3.05, 3.63) is 59.6 Å². The van der Waals surface area contributed by atoms with E-state index in [4.69, 9.17) is 5.73 Å². The number of nitrogens with two attached hydrogens (primary N) is 1. The van der Waals surface area contributed by atoms with E-state index in [1.165, 1.54) is 29.5 Å². The van der Waals surface area contributed by atoms with Gasteiger partial charge in [-0.3, -0.25) is 0 Å². The first-order chi connectivity index (χ1) is 12.4. The minimum Gasteiger partial charge on any atom is -0.384 e. The molecule has 0 amide bonds. The van der Waals surface area contributed by atoms with Crippen molar-refractivity contribution in [2.45, 2.75) is 6.18 Å². The molecule has 0 radical (unpaired) electrons. The molecule has 0 bridgehead atoms. The number of hydrogen-bond donors (Lipinski definition) is 1. The fraction of sp³-hybridized carbons (Fsp3) is 0.0556. The van der Waals surface area contributed by atoms with E-state index >= 15 is 0 Å². The molecule has 0 aliphatic rings. The molecule has 0 saturated heterocycles. The Hall–Kier alpha value is -3.00. The highest BCUT2D eigenvalue weighted by Crippen LogP contribution is 2.31. The van der Waals surface area contributed by atoms with Crippen LogP contribution in [0.2, 0.25) is 0 Å². The van der Waals surface area contributed by atoms with E-state index in [0.717, 1.165) is 27.9 Å². The molecule has 0 saturated carbocycles. The zero-order valence-electron chi connectivity index (χ0n) is 13.2. The van der Waals surface area contributed by atoms with Gasteiger partial charge in [-0.15, -0.1) is 11.3 Å². The van der Waals surface area contributed by atoms with Crippen LogP contribution in [0.4, 0.5) is 19.0 Å². The van der Waals surface area contributed by atoms with E-state index in [2.05, 4.69) is 15.0 Å². The minimum absolute atomic E-state index is 0.239. The summed E-state index contributed by atoms with van der Waals surface area (Å²) in [5, 5.41) is 0. The second-order valence-electron chi connectivity index (χ2n) is 5.61. The van der Waals surface area contributed by atoms with Crippen LogP contribution in [0.5, 0.6) is 0 Å². The van der Waals surface area contributed by atoms with Crippen LogP contribution in [0.3, 0.4) is 0 Å². The van der Waals surface area contributed by atoms with Crippen molar-refractivity contribution in [3.63, 3.8) is 0 Å². The van der Waals surface area contributed by atoms with Crippen LogP contribution in [-0.2, 0) is 6.18 Å². The number of nitrogen functional groups attached to an aromatic ring is 1. The van der Waals surface area contributed by atoms with Crippen molar-refractivity contribution >= 4 is 27.4 Å². The van der Waals surface area contributed by atoms with Gasteiger partial charge in [0.1, 0.15) is 5.82 Å². The topological polar surface area (TPSA) is 64.7 Å². The lowest BCUT2D eigenvalue weighted by Gasteiger charge is -2.09. The van der Waals surface area contributed by atoms with Gasteiger partial charge in [0.15, 0.2) is 5.82 Å². The molecule has 2 aromatic heterocycles. The number of thiazole rings is 1. The van der Waals surface area contributed by atoms with Gasteiger partial charge in [0, 0.05) is 17.2 Å². The molecule has 0 fully saturated rings. The number of anilines is 1. The van der Waals surface area contributed by atoms with Gasteiger partial charge in [-0.25, -0.2) is 15.0 Å². The van der Waals surface area contributed by atoms with Gasteiger partial charge in [0.2, 0.25) is 0 Å². The summed E-state index contributed by atoms with van der Waals surface area (Å²) >= 11 is 1.53. The van der Waals surface area contributed by atoms with Gasteiger partial charge >= 0.3 is 6.18 Å². The lowest BCUT2D eigenvalue weighted by molar-refractivity contribution is -0.137. The third-order valence-corrected chi connectivity index (χ3v) is 4.65. The Balaban J connectivity index is 1.76. The number of fused-ring (bicyclic) bond motifs is 1. The highest BCUT2D eigenvalue weighted by Gasteiger charge is 2.30. The van der Waals surface area contributed by atoms with Crippen molar-refractivity contribution in [2.24, 2.45) is 0 Å². The fourth-order valence-electron chi connectivity index (χ4n) is 2.57. The van der Waals surface area contributed by atoms with Gasteiger partial charge in [-0.1, -0.05) is 12.1 Å². The van der Waals surface area contributed by atoms with Gasteiger partial charge in [-0.2, -0.15) is 13.2 Å². The molecular weight excluding hydrogens is 361 g/mol. The Bertz CT molecular complexity index is 1090. The lowest BCUT2D eigenvalue weighted by atomic mass is 10.1. The molecule has 8 heteroatoms. The summed E-state index contributed by atoms with van der Waals surface area (Å²) in [6.45, 7) is 0. The molecule has 0 aliphatic heterocycles. The maximum absolute atomic E-state index is 12.7. The van der Waals surface area contributed by atoms with E-state index in [1.807, 2.05) is 18.2 Å². The molecule has 0 atom stereocenters. The average molecular weight is 372 g/mol. The number of alkyl halides is 3. The molecule has 2 aromatic carbocycles. The molecule has 4 rings (SSSR count). The first-order valence-electron chi connectivity index (χ1n) is 7.56. The zero-order valence-corrected chi connectivity index (χ0v) is 14.0. The fourth-order valence-corrected chi connectivity index (χ4v) is 3.23. The maximum Gasteiger partial charge on any atom is 0.416 e. The molecule has 0 aliphatic carbocycles. The largest absolute Gasteiger partial charge is 0.416 e. The van der Waals surface area contributed by atoms with Crippen LogP contribution in [0, 0.1) is 0 Å². The van der Waals surface area contributed by atoms with Crippen LogP contribution in [-0.4, -0.2) is 15.0 Å². The van der Waals surface area contributed by atoms with Gasteiger partial charge in [-0.05, 0) is 30.3 Å². The third kappa shape index (κ3) is 3.11. The molecule has 0 spiro atoms. The molecule has 2 heterocycles. The highest BCUT2D eigenvalue weighted by atomic mass is 32.1. The monoisotopic (exact) mass is 372 g/mol. The standard InChI is InChI=1S/C18H11F3N4S/c19-18(20,21)12-4-1-10(2-5-12)13-8-16(22)25-17(24-13)11-3-6-15-14(7-11)23-9-26-15/h1-9H,(H2,22,24,25). The Morgan fingerprint density at radius 2 is 1.62 bits per heavy atom. The van der Waals surface area contributed by atoms with Crippen LogP contribution in [0.25, 0.3) is 32.9 Å². The van der Waals surface area contributed by atoms with Crippen molar-refractivity contribution in [2.75, 3.05) is 5.73 Å². The van der Waals surface area contributed by atoms with Crippen molar-refractivity contribution in [1.82, 2.24) is 15.0 Å². The molecule has 0 unspecified atom stereocenters. The number of hydrogen-bond acceptors (Lipinski definition) is 5. The summed E-state index contributed by atoms with van der Waals surface area (Å²) < 4.78 is 39.2. The first-order valence-corrected chi connectivity index (χ1v) is 8.44. The minimum atomic E-state index is -4.38. The summed E-state index contributed by atoms with van der Waals surface area (Å²) in [7, 11) is 0. The van der Waals surface area contributed by atoms with Crippen molar-refractivity contribution in [1.29, 1.82) is 0 Å². The van der Waals surface area contributed by atoms with Gasteiger partial charge in [0.05, 0.1) is 27.0 Å². The predicted molar refractivity (Wildman–Crippen MR) is 95.5 cm³/mol. The maximum atomic E-state index is 12.7. The SMILES string of the molecule is Nc1cc(-c2ccc(C(F)(F)F)cc2)nc(-c2ccc3scnc3c2)n1. The number of aromatic nitrogens is 3. The number of benzene rings is 2. The van der Waals surface area contributed by atoms with Crippen LogP contribution in [0.1, 0.15) is 5.56 Å². The summed E-state index contributed by atoms with van der Waals surface area (Å²) in [6, 6.07) is 12.0. The van der Waals surface area contributed by atoms with E-state index in [1.54, 1.807) is 5.51 Å². The highest BCUT2D eigenvalue weighted by molar-refractivity contribution is 7.16. The Morgan fingerprint density at radius 3 is 2.35 bits per heavy atom. The molecule has 130 valence electrons. The first kappa shape index (κ1) is 16.5. The Labute approximate surface area is 150 Å². The van der Waals surface area contributed by atoms with E-state index in [0.29, 0.717) is 17.1 Å². The summed E-state index contributed by atoms with van der Waals surface area (Å²) in [5.74, 6) is 0.637. The smallest absolute Gasteiger partial charge is 0.384 e. The second kappa shape index (κ2) is 6.06. The second-order valence-corrected chi connectivity index (χ2v) is 6.50. The van der Waals surface area contributed by atoms with Crippen LogP contribution in [0.15, 0.2) is 54.0 Å². The Kier molecular flexibility index (Phi) is 3.84. The van der Waals surface area contributed by atoms with E-state index in [-0.39, 0.29) is 5.82 Å². The van der Waals surface area contributed by atoms with E-state index in [9.17, 15) is 13.2 Å². The molecule has 4 nitrogen and oxygen atoms in total. The number of nitrogens with zero attached hydrogens (tertiary/aromatic N) is 3. The quantitative estimate of drug-likeness (QED) is 0.536. The Morgan fingerprint density at radius 1 is 0.885 bits per heavy atom. The lowest BCUT2D eigenvalue weighted by Crippen LogP contribution is -2.04. The van der Waals surface area contributed by atoms with Crippen LogP contribution < -0.4 is 5.73 Å². The zero-order chi connectivity index (χ0) is 18.3. The summed E-state index contributed by atoms with van der Waals surface area (Å²) in [6.07, 6.45) is -4.38. The van der Waals surface area contributed by atoms with Crippen LogP contribution >= 0.6 is 11.3 Å². The third-order valence-electron chi connectivity index (χ3n) is 3.84. The number of rotatable bonds is 2. The predicted octanol–water partition coefficient (Wildman–Crippen LogP) is 5.02. The van der Waals surface area contributed by atoms with Gasteiger partial charge < -0.3 is 5.73 Å². The molecule has 2 N–H and O–H groups in total. The summed E-state index contributed by atoms with van der Waals surface area (Å²) in [5.41, 5.74) is 9.48. The average Bonchev–Trinajstić information content (AvgIpc) is 3.08. The van der Waals surface area contributed by atoms with Crippen molar-refractivity contribution in [3.8, 4) is 22.6 Å². The summed E-state index contributed by atoms with van der Waals surface area (Å²) in [4.78, 5) is 13.0.